The van der Waals surface area contributed by atoms with Gasteiger partial charge in [-0.15, -0.1) is 0 Å². The molecule has 100 valence electrons. The quantitative estimate of drug-likeness (QED) is 0.855. The summed E-state index contributed by atoms with van der Waals surface area (Å²) in [5, 5.41) is 8.48. The smallest absolute Gasteiger partial charge is 0.416 e. The summed E-state index contributed by atoms with van der Waals surface area (Å²) < 4.78 is 38.0. The highest BCUT2D eigenvalue weighted by atomic mass is 19.4. The molecule has 18 heavy (non-hydrogen) atoms. The van der Waals surface area contributed by atoms with Crippen LogP contribution in [0.1, 0.15) is 24.0 Å². The number of hydrogen-bond acceptors (Lipinski definition) is 2. The highest BCUT2D eigenvalue weighted by molar-refractivity contribution is 5.66. The van der Waals surface area contributed by atoms with Crippen LogP contribution in [0.4, 0.5) is 13.2 Å². The van der Waals surface area contributed by atoms with Crippen molar-refractivity contribution in [1.82, 2.24) is 0 Å². The number of rotatable bonds is 5. The van der Waals surface area contributed by atoms with Crippen LogP contribution < -0.4 is 5.73 Å². The van der Waals surface area contributed by atoms with Crippen LogP contribution in [0.25, 0.3) is 0 Å². The summed E-state index contributed by atoms with van der Waals surface area (Å²) >= 11 is 0. The topological polar surface area (TPSA) is 63.3 Å². The van der Waals surface area contributed by atoms with Gasteiger partial charge >= 0.3 is 12.1 Å². The zero-order valence-corrected chi connectivity index (χ0v) is 9.57. The van der Waals surface area contributed by atoms with Crippen molar-refractivity contribution in [2.24, 2.45) is 5.73 Å². The molecule has 1 rings (SSSR count). The molecule has 0 aliphatic heterocycles. The number of benzene rings is 1. The molecular formula is C12H14F3NO2. The van der Waals surface area contributed by atoms with Crippen LogP contribution in [0.15, 0.2) is 24.3 Å². The molecule has 0 saturated carbocycles. The van der Waals surface area contributed by atoms with Crippen LogP contribution >= 0.6 is 0 Å². The van der Waals surface area contributed by atoms with E-state index in [2.05, 4.69) is 0 Å². The van der Waals surface area contributed by atoms with Crippen LogP contribution in [-0.4, -0.2) is 17.1 Å². The van der Waals surface area contributed by atoms with Crippen molar-refractivity contribution in [2.45, 2.75) is 31.5 Å². The van der Waals surface area contributed by atoms with Gasteiger partial charge in [-0.25, -0.2) is 0 Å². The molecule has 0 bridgehead atoms. The van der Waals surface area contributed by atoms with Crippen molar-refractivity contribution in [1.29, 1.82) is 0 Å². The number of nitrogens with two attached hydrogens (primary N) is 1. The summed E-state index contributed by atoms with van der Waals surface area (Å²) in [5.41, 5.74) is 5.02. The molecule has 0 aliphatic rings. The second-order valence-electron chi connectivity index (χ2n) is 4.05. The largest absolute Gasteiger partial charge is 0.481 e. The van der Waals surface area contributed by atoms with Crippen molar-refractivity contribution in [2.75, 3.05) is 0 Å². The number of carboxylic acid groups (broad SMARTS) is 1. The molecule has 1 aromatic carbocycles. The van der Waals surface area contributed by atoms with Gasteiger partial charge in [-0.2, -0.15) is 13.2 Å². The first-order valence-corrected chi connectivity index (χ1v) is 5.43. The monoisotopic (exact) mass is 261 g/mol. The predicted octanol–water partition coefficient (Wildman–Crippen LogP) is 2.44. The zero-order chi connectivity index (χ0) is 13.8. The van der Waals surface area contributed by atoms with Gasteiger partial charge in [0.25, 0.3) is 0 Å². The molecule has 0 aromatic heterocycles. The Bertz CT molecular complexity index is 418. The van der Waals surface area contributed by atoms with Crippen molar-refractivity contribution < 1.29 is 23.1 Å². The number of carbonyl (C=O) groups is 1. The first-order chi connectivity index (χ1) is 8.30. The number of hydrogen-bond donors (Lipinski definition) is 2. The van der Waals surface area contributed by atoms with Crippen LogP contribution in [-0.2, 0) is 17.4 Å². The van der Waals surface area contributed by atoms with E-state index in [4.69, 9.17) is 10.8 Å². The van der Waals surface area contributed by atoms with E-state index < -0.39 is 23.8 Å². The van der Waals surface area contributed by atoms with Crippen LogP contribution in [0.3, 0.4) is 0 Å². The number of aliphatic carboxylic acids is 1. The Balaban J connectivity index is 2.75. The van der Waals surface area contributed by atoms with E-state index in [0.29, 0.717) is 0 Å². The summed E-state index contributed by atoms with van der Waals surface area (Å²) in [4.78, 5) is 10.3. The van der Waals surface area contributed by atoms with Gasteiger partial charge in [-0.3, -0.25) is 4.79 Å². The average Bonchev–Trinajstić information content (AvgIpc) is 2.25. The summed E-state index contributed by atoms with van der Waals surface area (Å²) in [6.07, 6.45) is -4.39. The van der Waals surface area contributed by atoms with Gasteiger partial charge in [-0.1, -0.05) is 18.2 Å². The maximum Gasteiger partial charge on any atom is 0.416 e. The molecule has 3 nitrogen and oxygen atoms in total. The first kappa shape index (κ1) is 14.5. The molecular weight excluding hydrogens is 247 g/mol. The Labute approximate surface area is 102 Å². The minimum atomic E-state index is -4.41. The zero-order valence-electron chi connectivity index (χ0n) is 9.57. The first-order valence-electron chi connectivity index (χ1n) is 5.43. The molecule has 0 radical (unpaired) electrons. The normalized spacial score (nSPS) is 13.3. The fourth-order valence-electron chi connectivity index (χ4n) is 1.67. The highest BCUT2D eigenvalue weighted by Gasteiger charge is 2.33. The Morgan fingerprint density at radius 3 is 2.50 bits per heavy atom. The molecule has 1 atom stereocenters. The lowest BCUT2D eigenvalue weighted by Crippen LogP contribution is -2.25. The fraction of sp³-hybridized carbons (Fsp3) is 0.417. The third-order valence-electron chi connectivity index (χ3n) is 2.53. The van der Waals surface area contributed by atoms with Gasteiger partial charge in [0.15, 0.2) is 0 Å². The van der Waals surface area contributed by atoms with E-state index in [9.17, 15) is 18.0 Å². The molecule has 0 amide bonds. The van der Waals surface area contributed by atoms with E-state index in [0.717, 1.165) is 6.07 Å². The van der Waals surface area contributed by atoms with E-state index in [1.807, 2.05) is 0 Å². The lowest BCUT2D eigenvalue weighted by molar-refractivity contribution is -0.139. The van der Waals surface area contributed by atoms with E-state index in [1.165, 1.54) is 18.2 Å². The van der Waals surface area contributed by atoms with E-state index in [1.54, 1.807) is 0 Å². The minimum absolute atomic E-state index is 0.0168. The van der Waals surface area contributed by atoms with Crippen molar-refractivity contribution in [3.63, 3.8) is 0 Å². The summed E-state index contributed by atoms with van der Waals surface area (Å²) in [7, 11) is 0. The summed E-state index contributed by atoms with van der Waals surface area (Å²) in [6, 6.07) is 4.59. The predicted molar refractivity (Wildman–Crippen MR) is 60.0 cm³/mol. The third kappa shape index (κ3) is 4.37. The molecule has 6 heteroatoms. The molecule has 0 saturated heterocycles. The van der Waals surface area contributed by atoms with E-state index in [-0.39, 0.29) is 24.8 Å². The van der Waals surface area contributed by atoms with Gasteiger partial charge in [0.05, 0.1) is 5.56 Å². The van der Waals surface area contributed by atoms with Crippen LogP contribution in [0.5, 0.6) is 0 Å². The second-order valence-corrected chi connectivity index (χ2v) is 4.05. The standard InChI is InChI=1S/C12H14F3NO2/c13-12(14,15)10-4-2-1-3-8(10)7-9(16)5-6-11(17)18/h1-4,9H,5-7,16H2,(H,17,18). The molecule has 1 unspecified atom stereocenters. The second kappa shape index (κ2) is 5.86. The van der Waals surface area contributed by atoms with Crippen LogP contribution in [0, 0.1) is 0 Å². The Morgan fingerprint density at radius 1 is 1.33 bits per heavy atom. The molecule has 0 heterocycles. The summed E-state index contributed by atoms with van der Waals surface area (Å²) in [6.45, 7) is 0. The fourth-order valence-corrected chi connectivity index (χ4v) is 1.67. The summed E-state index contributed by atoms with van der Waals surface area (Å²) in [5.74, 6) is -1.01. The average molecular weight is 261 g/mol. The molecule has 0 fully saturated rings. The van der Waals surface area contributed by atoms with Crippen LogP contribution in [0.2, 0.25) is 0 Å². The van der Waals surface area contributed by atoms with Crippen molar-refractivity contribution >= 4 is 5.97 Å². The minimum Gasteiger partial charge on any atom is -0.481 e. The van der Waals surface area contributed by atoms with Crippen molar-refractivity contribution in [3.05, 3.63) is 35.4 Å². The number of halogens is 3. The number of carboxylic acids is 1. The van der Waals surface area contributed by atoms with Gasteiger partial charge in [-0.05, 0) is 24.5 Å². The van der Waals surface area contributed by atoms with E-state index >= 15 is 0 Å². The Hall–Kier alpha value is -1.56. The molecule has 3 N–H and O–H groups in total. The Morgan fingerprint density at radius 2 is 1.94 bits per heavy atom. The van der Waals surface area contributed by atoms with Gasteiger partial charge in [0.1, 0.15) is 0 Å². The molecule has 0 aliphatic carbocycles. The lowest BCUT2D eigenvalue weighted by Gasteiger charge is -2.15. The van der Waals surface area contributed by atoms with Gasteiger partial charge in [0, 0.05) is 12.5 Å². The van der Waals surface area contributed by atoms with Gasteiger partial charge < -0.3 is 10.8 Å². The molecule has 0 spiro atoms. The Kier molecular flexibility index (Phi) is 4.72. The molecule has 1 aromatic rings. The third-order valence-corrected chi connectivity index (χ3v) is 2.53. The van der Waals surface area contributed by atoms with Crippen molar-refractivity contribution in [3.8, 4) is 0 Å². The lowest BCUT2D eigenvalue weighted by atomic mass is 9.98. The maximum absolute atomic E-state index is 12.7. The SMILES string of the molecule is NC(CCC(=O)O)Cc1ccccc1C(F)(F)F. The maximum atomic E-state index is 12.7. The van der Waals surface area contributed by atoms with Gasteiger partial charge in [0.2, 0.25) is 0 Å². The number of alkyl halides is 3. The highest BCUT2D eigenvalue weighted by Crippen LogP contribution is 2.32.